The van der Waals surface area contributed by atoms with Crippen LogP contribution in [0.4, 0.5) is 5.69 Å². The summed E-state index contributed by atoms with van der Waals surface area (Å²) in [6.45, 7) is 6.11. The van der Waals surface area contributed by atoms with Crippen molar-refractivity contribution in [1.29, 1.82) is 0 Å². The Morgan fingerprint density at radius 3 is 2.48 bits per heavy atom. The highest BCUT2D eigenvalue weighted by molar-refractivity contribution is 5.74. The summed E-state index contributed by atoms with van der Waals surface area (Å²) < 4.78 is 0. The maximum atomic E-state index is 11.2. The zero-order chi connectivity index (χ0) is 17.2. The molecule has 1 aliphatic rings. The van der Waals surface area contributed by atoms with Gasteiger partial charge in [0.05, 0.1) is 16.7 Å². The van der Waals surface area contributed by atoms with E-state index in [1.807, 2.05) is 12.1 Å². The first kappa shape index (κ1) is 15.8. The molecular formula is C19H21N5O. The van der Waals surface area contributed by atoms with Crippen molar-refractivity contribution in [1.82, 2.24) is 19.9 Å². The topological polar surface area (TPSA) is 65.1 Å². The molecule has 0 saturated carbocycles. The van der Waals surface area contributed by atoms with Crippen LogP contribution < -0.4 is 10.5 Å². The van der Waals surface area contributed by atoms with Crippen molar-refractivity contribution in [3.8, 4) is 0 Å². The van der Waals surface area contributed by atoms with Crippen LogP contribution >= 0.6 is 0 Å². The highest BCUT2D eigenvalue weighted by atomic mass is 16.1. The Hall–Kier alpha value is -2.73. The van der Waals surface area contributed by atoms with Crippen LogP contribution in [-0.2, 0) is 0 Å². The molecule has 128 valence electrons. The molecule has 0 amide bonds. The van der Waals surface area contributed by atoms with Crippen molar-refractivity contribution in [3.63, 3.8) is 0 Å². The Morgan fingerprint density at radius 2 is 1.76 bits per heavy atom. The Morgan fingerprint density at radius 1 is 1.00 bits per heavy atom. The fraction of sp³-hybridized carbons (Fsp3) is 0.316. The summed E-state index contributed by atoms with van der Waals surface area (Å²) in [5, 5.41) is 0. The molecule has 6 heteroatoms. The normalized spacial score (nSPS) is 16.9. The van der Waals surface area contributed by atoms with Gasteiger partial charge in [-0.1, -0.05) is 6.07 Å². The second-order valence-corrected chi connectivity index (χ2v) is 6.41. The second-order valence-electron chi connectivity index (χ2n) is 6.41. The number of aromatic amines is 1. The average molecular weight is 335 g/mol. The Kier molecular flexibility index (Phi) is 4.19. The predicted octanol–water partition coefficient (Wildman–Crippen LogP) is 2.20. The van der Waals surface area contributed by atoms with Gasteiger partial charge in [0.15, 0.2) is 0 Å². The number of benzene rings is 1. The summed E-state index contributed by atoms with van der Waals surface area (Å²) in [5.41, 5.74) is 4.16. The van der Waals surface area contributed by atoms with E-state index in [9.17, 15) is 4.79 Å². The van der Waals surface area contributed by atoms with Gasteiger partial charge in [-0.2, -0.15) is 0 Å². The summed E-state index contributed by atoms with van der Waals surface area (Å²) in [7, 11) is 0. The van der Waals surface area contributed by atoms with Crippen LogP contribution in [0.3, 0.4) is 0 Å². The first-order valence-electron chi connectivity index (χ1n) is 8.59. The van der Waals surface area contributed by atoms with Crippen LogP contribution in [0.1, 0.15) is 18.5 Å². The smallest absolute Gasteiger partial charge is 0.248 e. The first-order valence-corrected chi connectivity index (χ1v) is 8.59. The van der Waals surface area contributed by atoms with E-state index in [4.69, 9.17) is 0 Å². The largest absolute Gasteiger partial charge is 0.368 e. The molecule has 2 aromatic heterocycles. The van der Waals surface area contributed by atoms with E-state index in [-0.39, 0.29) is 5.56 Å². The lowest BCUT2D eigenvalue weighted by atomic mass is 10.0. The van der Waals surface area contributed by atoms with E-state index in [1.165, 1.54) is 5.56 Å². The van der Waals surface area contributed by atoms with Crippen molar-refractivity contribution in [2.24, 2.45) is 0 Å². The number of hydrogen-bond acceptors (Lipinski definition) is 5. The fourth-order valence-corrected chi connectivity index (χ4v) is 3.42. The number of anilines is 1. The van der Waals surface area contributed by atoms with Crippen LogP contribution in [-0.4, -0.2) is 46.0 Å². The molecule has 25 heavy (non-hydrogen) atoms. The minimum Gasteiger partial charge on any atom is -0.368 e. The molecule has 1 saturated heterocycles. The fourth-order valence-electron chi connectivity index (χ4n) is 3.42. The van der Waals surface area contributed by atoms with Gasteiger partial charge >= 0.3 is 0 Å². The minimum atomic E-state index is -0.0598. The Balaban J connectivity index is 1.45. The number of nitrogens with zero attached hydrogens (tertiary/aromatic N) is 4. The number of hydrogen-bond donors (Lipinski definition) is 1. The van der Waals surface area contributed by atoms with Crippen LogP contribution in [0.25, 0.3) is 11.0 Å². The number of fused-ring (bicyclic) bond motifs is 1. The van der Waals surface area contributed by atoms with Crippen LogP contribution in [0, 0.1) is 0 Å². The standard InChI is InChI=1S/C19H21N5O/c1-14(15-2-4-17-18(12-15)21-7-6-20-17)23-8-10-24(11-9-23)16-3-5-19(25)22-13-16/h2-7,12-14H,8-11H2,1H3,(H,22,25). The molecule has 0 aliphatic carbocycles. The third-order valence-corrected chi connectivity index (χ3v) is 4.97. The maximum absolute atomic E-state index is 11.2. The first-order chi connectivity index (χ1) is 12.2. The van der Waals surface area contributed by atoms with E-state index >= 15 is 0 Å². The predicted molar refractivity (Wildman–Crippen MR) is 98.8 cm³/mol. The molecule has 1 N–H and O–H groups in total. The number of H-pyrrole nitrogens is 1. The highest BCUT2D eigenvalue weighted by Crippen LogP contribution is 2.25. The Labute approximate surface area is 146 Å². The van der Waals surface area contributed by atoms with Crippen LogP contribution in [0.2, 0.25) is 0 Å². The average Bonchev–Trinajstić information content (AvgIpc) is 2.68. The second kappa shape index (κ2) is 6.64. The van der Waals surface area contributed by atoms with Gasteiger partial charge in [-0.05, 0) is 30.7 Å². The van der Waals surface area contributed by atoms with Crippen LogP contribution in [0.15, 0.2) is 53.7 Å². The van der Waals surface area contributed by atoms with E-state index in [0.717, 1.165) is 42.9 Å². The van der Waals surface area contributed by atoms with E-state index in [2.05, 4.69) is 43.8 Å². The van der Waals surface area contributed by atoms with E-state index in [1.54, 1.807) is 24.7 Å². The molecule has 1 unspecified atom stereocenters. The number of piperazine rings is 1. The zero-order valence-electron chi connectivity index (χ0n) is 14.2. The number of pyridine rings is 1. The lowest BCUT2D eigenvalue weighted by molar-refractivity contribution is 0.198. The molecule has 4 rings (SSSR count). The Bertz CT molecular complexity index is 910. The van der Waals surface area contributed by atoms with E-state index in [0.29, 0.717) is 6.04 Å². The molecule has 1 fully saturated rings. The van der Waals surface area contributed by atoms with Gasteiger partial charge in [-0.25, -0.2) is 0 Å². The molecule has 0 spiro atoms. The van der Waals surface area contributed by atoms with Gasteiger partial charge in [-0.15, -0.1) is 0 Å². The molecule has 6 nitrogen and oxygen atoms in total. The van der Waals surface area contributed by atoms with Crippen molar-refractivity contribution >= 4 is 16.7 Å². The molecular weight excluding hydrogens is 314 g/mol. The van der Waals surface area contributed by atoms with Crippen molar-refractivity contribution in [2.75, 3.05) is 31.1 Å². The van der Waals surface area contributed by atoms with Gasteiger partial charge in [0, 0.05) is 56.9 Å². The van der Waals surface area contributed by atoms with Crippen molar-refractivity contribution in [2.45, 2.75) is 13.0 Å². The summed E-state index contributed by atoms with van der Waals surface area (Å²) in [4.78, 5) is 27.5. The lowest BCUT2D eigenvalue weighted by Crippen LogP contribution is -2.47. The molecule has 1 atom stereocenters. The summed E-state index contributed by atoms with van der Waals surface area (Å²) in [6, 6.07) is 10.1. The van der Waals surface area contributed by atoms with Gasteiger partial charge in [0.25, 0.3) is 0 Å². The molecule has 1 aliphatic heterocycles. The number of aromatic nitrogens is 3. The van der Waals surface area contributed by atoms with E-state index < -0.39 is 0 Å². The van der Waals surface area contributed by atoms with Gasteiger partial charge in [0.2, 0.25) is 5.56 Å². The van der Waals surface area contributed by atoms with Gasteiger partial charge in [-0.3, -0.25) is 19.7 Å². The van der Waals surface area contributed by atoms with Gasteiger partial charge < -0.3 is 9.88 Å². The summed E-state index contributed by atoms with van der Waals surface area (Å²) in [5.74, 6) is 0. The third kappa shape index (κ3) is 3.25. The summed E-state index contributed by atoms with van der Waals surface area (Å²) in [6.07, 6.45) is 5.25. The zero-order valence-corrected chi connectivity index (χ0v) is 14.2. The molecule has 0 radical (unpaired) electrons. The van der Waals surface area contributed by atoms with Gasteiger partial charge in [0.1, 0.15) is 0 Å². The lowest BCUT2D eigenvalue weighted by Gasteiger charge is -2.39. The quantitative estimate of drug-likeness (QED) is 0.795. The molecule has 3 aromatic rings. The molecule has 1 aromatic carbocycles. The number of nitrogens with one attached hydrogen (secondary N) is 1. The number of rotatable bonds is 3. The monoisotopic (exact) mass is 335 g/mol. The SMILES string of the molecule is CC(c1ccc2nccnc2c1)N1CCN(c2ccc(=O)[nH]c2)CC1. The van der Waals surface area contributed by atoms with Crippen molar-refractivity contribution in [3.05, 3.63) is 64.8 Å². The summed E-state index contributed by atoms with van der Waals surface area (Å²) >= 11 is 0. The maximum Gasteiger partial charge on any atom is 0.248 e. The van der Waals surface area contributed by atoms with Crippen LogP contribution in [0.5, 0.6) is 0 Å². The molecule has 3 heterocycles. The minimum absolute atomic E-state index is 0.0598. The third-order valence-electron chi connectivity index (χ3n) is 4.97. The highest BCUT2D eigenvalue weighted by Gasteiger charge is 2.22. The molecule has 0 bridgehead atoms. The van der Waals surface area contributed by atoms with Crippen molar-refractivity contribution < 1.29 is 0 Å².